The Morgan fingerprint density at radius 3 is 2.71 bits per heavy atom. The molecule has 0 aliphatic rings. The summed E-state index contributed by atoms with van der Waals surface area (Å²) < 4.78 is 17.9. The largest absolute Gasteiger partial charge is 0.524 e. The van der Waals surface area contributed by atoms with Crippen LogP contribution < -0.4 is 15.6 Å². The quantitative estimate of drug-likeness (QED) is 0.142. The van der Waals surface area contributed by atoms with Crippen molar-refractivity contribution in [2.45, 2.75) is 32.7 Å². The molecule has 13 heteroatoms. The van der Waals surface area contributed by atoms with Gasteiger partial charge >= 0.3 is 7.82 Å². The number of unbranched alkanes of at least 4 members (excludes halogenated alkanes) is 1. The van der Waals surface area contributed by atoms with Crippen molar-refractivity contribution in [3.8, 4) is 11.5 Å². The van der Waals surface area contributed by atoms with Crippen molar-refractivity contribution >= 4 is 58.8 Å². The molecule has 0 atom stereocenters. The average Bonchev–Trinajstić information content (AvgIpc) is 3.23. The SMILES string of the molecule is C=C(NC(=O)CCl)c1ccc2nc(N)c3nc(CCCC)n(Cc4cccc(OP(=O)(O)O)c4O)c3c2c1. The van der Waals surface area contributed by atoms with Crippen LogP contribution in [-0.2, 0) is 22.3 Å². The van der Waals surface area contributed by atoms with Gasteiger partial charge < -0.3 is 25.2 Å². The first-order valence-corrected chi connectivity index (χ1v) is 13.8. The van der Waals surface area contributed by atoms with E-state index in [2.05, 4.69) is 28.3 Å². The molecule has 0 fully saturated rings. The lowest BCUT2D eigenvalue weighted by atomic mass is 10.1. The summed E-state index contributed by atoms with van der Waals surface area (Å²) in [5, 5.41) is 14.1. The summed E-state index contributed by atoms with van der Waals surface area (Å²) in [5.41, 5.74) is 9.35. The molecule has 4 rings (SSSR count). The maximum atomic E-state index is 11.8. The molecular formula is C25H27ClN5O6P. The first-order chi connectivity index (χ1) is 18.0. The first-order valence-electron chi connectivity index (χ1n) is 11.7. The number of aromatic hydroxyl groups is 1. The van der Waals surface area contributed by atoms with Crippen LogP contribution in [-0.4, -0.2) is 41.2 Å². The predicted octanol–water partition coefficient (Wildman–Crippen LogP) is 4.06. The summed E-state index contributed by atoms with van der Waals surface area (Å²) in [6.07, 6.45) is 2.37. The average molecular weight is 560 g/mol. The fourth-order valence-corrected chi connectivity index (χ4v) is 4.65. The second-order valence-electron chi connectivity index (χ2n) is 8.65. The third kappa shape index (κ3) is 5.76. The van der Waals surface area contributed by atoms with E-state index in [0.717, 1.165) is 12.8 Å². The number of hydrogen-bond acceptors (Lipinski definition) is 7. The lowest BCUT2D eigenvalue weighted by Gasteiger charge is -2.15. The van der Waals surface area contributed by atoms with Gasteiger partial charge in [0.1, 0.15) is 17.2 Å². The van der Waals surface area contributed by atoms with Crippen LogP contribution in [0.4, 0.5) is 5.82 Å². The van der Waals surface area contributed by atoms with Gasteiger partial charge in [0.05, 0.1) is 17.6 Å². The molecule has 6 N–H and O–H groups in total. The number of nitrogens with zero attached hydrogens (tertiary/aromatic N) is 3. The van der Waals surface area contributed by atoms with Crippen molar-refractivity contribution in [3.63, 3.8) is 0 Å². The number of hydrogen-bond donors (Lipinski definition) is 5. The Kier molecular flexibility index (Phi) is 7.94. The molecule has 1 amide bonds. The van der Waals surface area contributed by atoms with Crippen LogP contribution in [0.2, 0.25) is 0 Å². The van der Waals surface area contributed by atoms with Crippen molar-refractivity contribution in [2.75, 3.05) is 11.6 Å². The van der Waals surface area contributed by atoms with Crippen LogP contribution in [0.1, 0.15) is 36.7 Å². The molecule has 0 bridgehead atoms. The second-order valence-corrected chi connectivity index (χ2v) is 10.1. The molecule has 0 aliphatic heterocycles. The molecule has 2 heterocycles. The van der Waals surface area contributed by atoms with E-state index in [1.165, 1.54) is 12.1 Å². The highest BCUT2D eigenvalue weighted by Gasteiger charge is 2.22. The molecule has 0 aliphatic carbocycles. The second kappa shape index (κ2) is 11.0. The number of para-hydroxylation sites is 1. The number of aryl methyl sites for hydroxylation is 1. The van der Waals surface area contributed by atoms with Crippen LogP contribution in [0.25, 0.3) is 27.6 Å². The zero-order chi connectivity index (χ0) is 27.6. The van der Waals surface area contributed by atoms with Crippen molar-refractivity contribution in [3.05, 3.63) is 59.9 Å². The molecular weight excluding hydrogens is 533 g/mol. The fourth-order valence-electron chi connectivity index (χ4n) is 4.18. The molecule has 2 aromatic carbocycles. The molecule has 38 heavy (non-hydrogen) atoms. The van der Waals surface area contributed by atoms with Gasteiger partial charge in [-0.15, -0.1) is 11.6 Å². The van der Waals surface area contributed by atoms with Gasteiger partial charge in [0, 0.05) is 23.1 Å². The Balaban J connectivity index is 1.92. The minimum absolute atomic E-state index is 0.104. The number of carbonyl (C=O) groups excluding carboxylic acids is 1. The Morgan fingerprint density at radius 1 is 1.26 bits per heavy atom. The highest BCUT2D eigenvalue weighted by Crippen LogP contribution is 2.43. The van der Waals surface area contributed by atoms with Crippen LogP contribution in [0, 0.1) is 0 Å². The molecule has 2 aromatic heterocycles. The lowest BCUT2D eigenvalue weighted by molar-refractivity contribution is -0.117. The number of phosphoric acid groups is 1. The molecule has 0 unspecified atom stereocenters. The maximum Gasteiger partial charge on any atom is 0.524 e. The summed E-state index contributed by atoms with van der Waals surface area (Å²) in [4.78, 5) is 39.5. The van der Waals surface area contributed by atoms with E-state index in [-0.39, 0.29) is 24.0 Å². The Labute approximate surface area is 223 Å². The van der Waals surface area contributed by atoms with Crippen molar-refractivity contribution < 1.29 is 28.8 Å². The number of pyridine rings is 1. The van der Waals surface area contributed by atoms with Gasteiger partial charge in [-0.25, -0.2) is 14.5 Å². The molecule has 0 radical (unpaired) electrons. The molecule has 200 valence electrons. The summed E-state index contributed by atoms with van der Waals surface area (Å²) in [5.74, 6) is -0.413. The van der Waals surface area contributed by atoms with E-state index in [1.807, 2.05) is 10.6 Å². The van der Waals surface area contributed by atoms with Crippen molar-refractivity contribution in [2.24, 2.45) is 0 Å². The number of phosphoric ester groups is 1. The zero-order valence-electron chi connectivity index (χ0n) is 20.5. The number of nitrogens with one attached hydrogen (secondary N) is 1. The molecule has 0 saturated heterocycles. The Hall–Kier alpha value is -3.63. The molecule has 0 spiro atoms. The van der Waals surface area contributed by atoms with E-state index in [4.69, 9.17) is 22.3 Å². The number of nitrogen functional groups attached to an aromatic ring is 1. The summed E-state index contributed by atoms with van der Waals surface area (Å²) in [6, 6.07) is 9.75. The van der Waals surface area contributed by atoms with E-state index >= 15 is 0 Å². The standard InChI is InChI=1S/C25H27ClN5O6P/c1-3-4-8-20-30-22-23(31(20)13-16-6-5-7-19(24(16)33)37-38(34,35)36)17-11-15(14(2)28-21(32)12-26)9-10-18(17)29-25(22)27/h5-7,9-11,33H,2-4,8,12-13H2,1H3,(H2,27,29)(H,28,32)(H2,34,35,36). The number of phenols is 1. The zero-order valence-corrected chi connectivity index (χ0v) is 22.2. The van der Waals surface area contributed by atoms with Gasteiger partial charge in [0.15, 0.2) is 17.3 Å². The molecule has 11 nitrogen and oxygen atoms in total. The minimum atomic E-state index is -4.89. The number of benzene rings is 2. The van der Waals surface area contributed by atoms with Crippen LogP contribution in [0.15, 0.2) is 43.0 Å². The number of anilines is 1. The van der Waals surface area contributed by atoms with Crippen LogP contribution >= 0.6 is 19.4 Å². The highest BCUT2D eigenvalue weighted by atomic mass is 35.5. The number of alkyl halides is 1. The molecule has 4 aromatic rings. The number of rotatable bonds is 10. The third-order valence-corrected chi connectivity index (χ3v) is 6.60. The van der Waals surface area contributed by atoms with Gasteiger partial charge in [0.2, 0.25) is 5.91 Å². The van der Waals surface area contributed by atoms with Gasteiger partial charge in [-0.05, 0) is 30.2 Å². The number of halogens is 1. The topological polar surface area (TPSA) is 173 Å². The van der Waals surface area contributed by atoms with E-state index in [0.29, 0.717) is 51.0 Å². The van der Waals surface area contributed by atoms with E-state index in [1.54, 1.807) is 18.2 Å². The summed E-state index contributed by atoms with van der Waals surface area (Å²) in [6.45, 7) is 6.09. The number of aromatic nitrogens is 3. The normalized spacial score (nSPS) is 11.7. The predicted molar refractivity (Wildman–Crippen MR) is 146 cm³/mol. The van der Waals surface area contributed by atoms with Gasteiger partial charge in [0.25, 0.3) is 0 Å². The fraction of sp³-hybridized carbons (Fsp3) is 0.240. The summed E-state index contributed by atoms with van der Waals surface area (Å²) >= 11 is 5.61. The Morgan fingerprint density at radius 2 is 2.03 bits per heavy atom. The number of fused-ring (bicyclic) bond motifs is 3. The van der Waals surface area contributed by atoms with Gasteiger partial charge in [-0.3, -0.25) is 14.6 Å². The number of carbonyl (C=O) groups is 1. The highest BCUT2D eigenvalue weighted by molar-refractivity contribution is 7.46. The monoisotopic (exact) mass is 559 g/mol. The maximum absolute atomic E-state index is 11.8. The number of phenolic OH excluding ortho intramolecular Hbond substituents is 1. The Bertz CT molecular complexity index is 1600. The number of imidazole rings is 1. The summed E-state index contributed by atoms with van der Waals surface area (Å²) in [7, 11) is -4.89. The lowest BCUT2D eigenvalue weighted by Crippen LogP contribution is -2.22. The van der Waals surface area contributed by atoms with Crippen LogP contribution in [0.5, 0.6) is 11.5 Å². The van der Waals surface area contributed by atoms with E-state index in [9.17, 15) is 24.3 Å². The first kappa shape index (κ1) is 27.4. The smallest absolute Gasteiger partial charge is 0.504 e. The molecule has 0 saturated carbocycles. The minimum Gasteiger partial charge on any atom is -0.504 e. The number of amides is 1. The third-order valence-electron chi connectivity index (χ3n) is 5.92. The van der Waals surface area contributed by atoms with Crippen molar-refractivity contribution in [1.29, 1.82) is 0 Å². The van der Waals surface area contributed by atoms with Gasteiger partial charge in [-0.1, -0.05) is 38.1 Å². The number of nitrogens with two attached hydrogens (primary N) is 1. The van der Waals surface area contributed by atoms with Crippen molar-refractivity contribution in [1.82, 2.24) is 19.9 Å². The van der Waals surface area contributed by atoms with E-state index < -0.39 is 19.5 Å². The van der Waals surface area contributed by atoms with Gasteiger partial charge in [-0.2, -0.15) is 0 Å². The van der Waals surface area contributed by atoms with Crippen LogP contribution in [0.3, 0.4) is 0 Å².